The number of hydrogen-bond acceptors (Lipinski definition) is 5. The quantitative estimate of drug-likeness (QED) is 0.564. The predicted molar refractivity (Wildman–Crippen MR) is 71.0 cm³/mol. The Labute approximate surface area is 111 Å². The molecule has 0 aliphatic carbocycles. The van der Waals surface area contributed by atoms with Crippen LogP contribution in [-0.4, -0.2) is 33.7 Å². The molecule has 106 valence electrons. The SMILES string of the molecule is CCCc1nn(C)c(NCC(=O)NCC)c1[N+](=O)[O-]. The number of aryl methyl sites for hydroxylation is 2. The van der Waals surface area contributed by atoms with E-state index in [1.54, 1.807) is 7.05 Å². The smallest absolute Gasteiger partial charge is 0.334 e. The van der Waals surface area contributed by atoms with Crippen molar-refractivity contribution in [1.82, 2.24) is 15.1 Å². The number of amides is 1. The van der Waals surface area contributed by atoms with Crippen LogP contribution in [0, 0.1) is 10.1 Å². The molecule has 1 aromatic rings. The van der Waals surface area contributed by atoms with Crippen LogP contribution in [0.4, 0.5) is 11.5 Å². The van der Waals surface area contributed by atoms with Crippen molar-refractivity contribution in [3.63, 3.8) is 0 Å². The van der Waals surface area contributed by atoms with Gasteiger partial charge in [-0.15, -0.1) is 0 Å². The molecule has 0 fully saturated rings. The normalized spacial score (nSPS) is 10.3. The zero-order chi connectivity index (χ0) is 14.4. The van der Waals surface area contributed by atoms with Crippen LogP contribution < -0.4 is 10.6 Å². The van der Waals surface area contributed by atoms with E-state index < -0.39 is 4.92 Å². The molecular weight excluding hydrogens is 250 g/mol. The number of nitrogens with one attached hydrogen (secondary N) is 2. The largest absolute Gasteiger partial charge is 0.355 e. The lowest BCUT2D eigenvalue weighted by molar-refractivity contribution is -0.384. The molecule has 2 N–H and O–H groups in total. The van der Waals surface area contributed by atoms with Gasteiger partial charge in [0.1, 0.15) is 5.69 Å². The molecule has 0 spiro atoms. The number of rotatable bonds is 7. The summed E-state index contributed by atoms with van der Waals surface area (Å²) >= 11 is 0. The monoisotopic (exact) mass is 269 g/mol. The Morgan fingerprint density at radius 3 is 2.68 bits per heavy atom. The fraction of sp³-hybridized carbons (Fsp3) is 0.636. The summed E-state index contributed by atoms with van der Waals surface area (Å²) in [6, 6.07) is 0. The summed E-state index contributed by atoms with van der Waals surface area (Å²) < 4.78 is 1.41. The van der Waals surface area contributed by atoms with Gasteiger partial charge in [-0.2, -0.15) is 5.10 Å². The van der Waals surface area contributed by atoms with Crippen LogP contribution in [0.15, 0.2) is 0 Å². The van der Waals surface area contributed by atoms with Crippen LogP contribution in [0.25, 0.3) is 0 Å². The predicted octanol–water partition coefficient (Wildman–Crippen LogP) is 0.829. The summed E-state index contributed by atoms with van der Waals surface area (Å²) in [5.41, 5.74) is 0.391. The van der Waals surface area contributed by atoms with Gasteiger partial charge in [-0.3, -0.25) is 14.9 Å². The molecule has 0 radical (unpaired) electrons. The molecule has 0 unspecified atom stereocenters. The van der Waals surface area contributed by atoms with Crippen LogP contribution in [0.1, 0.15) is 26.0 Å². The highest BCUT2D eigenvalue weighted by atomic mass is 16.6. The Morgan fingerprint density at radius 1 is 1.47 bits per heavy atom. The average molecular weight is 269 g/mol. The molecule has 1 aromatic heterocycles. The van der Waals surface area contributed by atoms with Crippen molar-refractivity contribution in [2.45, 2.75) is 26.7 Å². The fourth-order valence-electron chi connectivity index (χ4n) is 1.79. The van der Waals surface area contributed by atoms with Crippen LogP contribution in [0.5, 0.6) is 0 Å². The van der Waals surface area contributed by atoms with E-state index in [1.165, 1.54) is 4.68 Å². The van der Waals surface area contributed by atoms with Crippen LogP contribution >= 0.6 is 0 Å². The standard InChI is InChI=1S/C11H19N5O3/c1-4-6-8-10(16(18)19)11(15(3)14-8)13-7-9(17)12-5-2/h13H,4-7H2,1-3H3,(H,12,17). The number of nitro groups is 1. The van der Waals surface area contributed by atoms with Crippen LogP contribution in [-0.2, 0) is 18.3 Å². The molecule has 8 heteroatoms. The molecule has 1 rings (SSSR count). The Morgan fingerprint density at radius 2 is 2.16 bits per heavy atom. The van der Waals surface area contributed by atoms with Gasteiger partial charge < -0.3 is 10.6 Å². The highest BCUT2D eigenvalue weighted by Crippen LogP contribution is 2.28. The molecule has 0 aliphatic heterocycles. The summed E-state index contributed by atoms with van der Waals surface area (Å²) in [6.45, 7) is 4.25. The number of carbonyl (C=O) groups excluding carboxylic acids is 1. The van der Waals surface area contributed by atoms with E-state index in [1.807, 2.05) is 13.8 Å². The first kappa shape index (κ1) is 14.9. The van der Waals surface area contributed by atoms with Gasteiger partial charge >= 0.3 is 5.69 Å². The van der Waals surface area contributed by atoms with E-state index in [-0.39, 0.29) is 24.0 Å². The van der Waals surface area contributed by atoms with E-state index >= 15 is 0 Å². The topological polar surface area (TPSA) is 102 Å². The number of nitrogens with zero attached hydrogens (tertiary/aromatic N) is 3. The third kappa shape index (κ3) is 3.67. The van der Waals surface area contributed by atoms with Crippen molar-refractivity contribution in [2.75, 3.05) is 18.4 Å². The second-order valence-corrected chi connectivity index (χ2v) is 4.08. The van der Waals surface area contributed by atoms with Crippen molar-refractivity contribution in [3.8, 4) is 0 Å². The van der Waals surface area contributed by atoms with E-state index in [2.05, 4.69) is 15.7 Å². The molecular formula is C11H19N5O3. The zero-order valence-electron chi connectivity index (χ0n) is 11.4. The van der Waals surface area contributed by atoms with Gasteiger partial charge in [-0.25, -0.2) is 4.68 Å². The van der Waals surface area contributed by atoms with E-state index in [0.717, 1.165) is 6.42 Å². The van der Waals surface area contributed by atoms with Gasteiger partial charge in [0.15, 0.2) is 0 Å². The van der Waals surface area contributed by atoms with Gasteiger partial charge in [0, 0.05) is 13.6 Å². The summed E-state index contributed by atoms with van der Waals surface area (Å²) in [5, 5.41) is 20.6. The van der Waals surface area contributed by atoms with Crippen LogP contribution in [0.2, 0.25) is 0 Å². The second kappa shape index (κ2) is 6.72. The highest BCUT2D eigenvalue weighted by Gasteiger charge is 2.26. The Bertz CT molecular complexity index is 469. The molecule has 0 saturated heterocycles. The number of carbonyl (C=O) groups is 1. The van der Waals surface area contributed by atoms with E-state index in [9.17, 15) is 14.9 Å². The number of hydrogen-bond donors (Lipinski definition) is 2. The third-order valence-electron chi connectivity index (χ3n) is 2.55. The van der Waals surface area contributed by atoms with Crippen LogP contribution in [0.3, 0.4) is 0 Å². The maximum absolute atomic E-state index is 11.4. The zero-order valence-corrected chi connectivity index (χ0v) is 11.4. The van der Waals surface area contributed by atoms with Crippen molar-refractivity contribution in [3.05, 3.63) is 15.8 Å². The Balaban J connectivity index is 2.92. The first-order valence-corrected chi connectivity index (χ1v) is 6.22. The maximum Gasteiger partial charge on any atom is 0.334 e. The average Bonchev–Trinajstić information content (AvgIpc) is 2.64. The van der Waals surface area contributed by atoms with Gasteiger partial charge in [0.25, 0.3) is 0 Å². The lowest BCUT2D eigenvalue weighted by atomic mass is 10.2. The van der Waals surface area contributed by atoms with Crippen molar-refractivity contribution in [1.29, 1.82) is 0 Å². The fourth-order valence-corrected chi connectivity index (χ4v) is 1.79. The van der Waals surface area contributed by atoms with E-state index in [0.29, 0.717) is 18.7 Å². The maximum atomic E-state index is 11.4. The number of likely N-dealkylation sites (N-methyl/N-ethyl adjacent to an activating group) is 1. The molecule has 1 heterocycles. The summed E-state index contributed by atoms with van der Waals surface area (Å²) in [4.78, 5) is 22.0. The lowest BCUT2D eigenvalue weighted by Gasteiger charge is -2.05. The van der Waals surface area contributed by atoms with Gasteiger partial charge in [0.2, 0.25) is 11.7 Å². The third-order valence-corrected chi connectivity index (χ3v) is 2.55. The van der Waals surface area contributed by atoms with Gasteiger partial charge in [-0.1, -0.05) is 13.3 Å². The number of anilines is 1. The Kier molecular flexibility index (Phi) is 5.28. The summed E-state index contributed by atoms with van der Waals surface area (Å²) in [7, 11) is 1.62. The minimum Gasteiger partial charge on any atom is -0.355 e. The van der Waals surface area contributed by atoms with Gasteiger partial charge in [-0.05, 0) is 13.3 Å². The second-order valence-electron chi connectivity index (χ2n) is 4.08. The van der Waals surface area contributed by atoms with Gasteiger partial charge in [0.05, 0.1) is 11.5 Å². The first-order valence-electron chi connectivity index (χ1n) is 6.22. The summed E-state index contributed by atoms with van der Waals surface area (Å²) in [5.74, 6) is 0.0507. The minimum absolute atomic E-state index is 0.0141. The molecule has 0 atom stereocenters. The summed E-state index contributed by atoms with van der Waals surface area (Å²) in [6.07, 6.45) is 1.31. The molecule has 1 amide bonds. The minimum atomic E-state index is -0.460. The molecule has 0 aliphatic rings. The molecule has 8 nitrogen and oxygen atoms in total. The number of aromatic nitrogens is 2. The lowest BCUT2D eigenvalue weighted by Crippen LogP contribution is -2.30. The van der Waals surface area contributed by atoms with Crippen molar-refractivity contribution >= 4 is 17.4 Å². The van der Waals surface area contributed by atoms with E-state index in [4.69, 9.17) is 0 Å². The molecule has 0 bridgehead atoms. The molecule has 19 heavy (non-hydrogen) atoms. The Hall–Kier alpha value is -2.12. The molecule has 0 aromatic carbocycles. The van der Waals surface area contributed by atoms with Crippen molar-refractivity contribution in [2.24, 2.45) is 7.05 Å². The molecule has 0 saturated carbocycles. The van der Waals surface area contributed by atoms with Crippen molar-refractivity contribution < 1.29 is 9.72 Å². The highest BCUT2D eigenvalue weighted by molar-refractivity contribution is 5.81. The first-order chi connectivity index (χ1) is 9.01.